The third-order valence-electron chi connectivity index (χ3n) is 2.89. The summed E-state index contributed by atoms with van der Waals surface area (Å²) in [6.45, 7) is 10.8. The number of rotatable bonds is 6. The van der Waals surface area contributed by atoms with Crippen LogP contribution in [0, 0.1) is 0 Å². The van der Waals surface area contributed by atoms with Gasteiger partial charge in [0.05, 0.1) is 0 Å². The van der Waals surface area contributed by atoms with Gasteiger partial charge in [-0.1, -0.05) is 33.8 Å². The Morgan fingerprint density at radius 3 is 2.53 bits per heavy atom. The molecule has 0 radical (unpaired) electrons. The Bertz CT molecular complexity index is 407. The molecule has 1 aromatic heterocycles. The van der Waals surface area contributed by atoms with E-state index in [1.807, 2.05) is 17.6 Å². The molecule has 0 aliphatic rings. The van der Waals surface area contributed by atoms with Crippen molar-refractivity contribution in [2.45, 2.75) is 53.1 Å². The summed E-state index contributed by atoms with van der Waals surface area (Å²) in [5.74, 6) is 0.391. The average Bonchev–Trinajstić information content (AvgIpc) is 2.30. The minimum absolute atomic E-state index is 0.166. The number of hydrogen-bond acceptors (Lipinski definition) is 2. The van der Waals surface area contributed by atoms with Crippen molar-refractivity contribution in [3.8, 4) is 0 Å². The van der Waals surface area contributed by atoms with Crippen LogP contribution in [0.3, 0.4) is 0 Å². The molecule has 1 heterocycles. The van der Waals surface area contributed by atoms with Gasteiger partial charge < -0.3 is 9.88 Å². The van der Waals surface area contributed by atoms with Crippen LogP contribution in [0.4, 0.5) is 0 Å². The summed E-state index contributed by atoms with van der Waals surface area (Å²) in [7, 11) is 0. The van der Waals surface area contributed by atoms with E-state index in [4.69, 9.17) is 0 Å². The highest BCUT2D eigenvalue weighted by molar-refractivity contribution is 5.18. The van der Waals surface area contributed by atoms with Gasteiger partial charge in [-0.2, -0.15) is 0 Å². The first kappa shape index (κ1) is 14.0. The SMILES string of the molecule is CCCn1c(C(C)C)ccc(CNCC)c1=O. The minimum atomic E-state index is 0.166. The van der Waals surface area contributed by atoms with Crippen molar-refractivity contribution >= 4 is 0 Å². The van der Waals surface area contributed by atoms with E-state index in [-0.39, 0.29) is 5.56 Å². The Balaban J connectivity index is 3.14. The maximum absolute atomic E-state index is 12.3. The summed E-state index contributed by atoms with van der Waals surface area (Å²) in [5, 5.41) is 3.21. The smallest absolute Gasteiger partial charge is 0.255 e. The summed E-state index contributed by atoms with van der Waals surface area (Å²) in [4.78, 5) is 12.3. The van der Waals surface area contributed by atoms with E-state index in [9.17, 15) is 4.79 Å². The summed E-state index contributed by atoms with van der Waals surface area (Å²) < 4.78 is 1.93. The number of nitrogens with one attached hydrogen (secondary N) is 1. The monoisotopic (exact) mass is 236 g/mol. The molecule has 3 nitrogen and oxygen atoms in total. The molecular weight excluding hydrogens is 212 g/mol. The predicted molar refractivity (Wildman–Crippen MR) is 72.5 cm³/mol. The molecular formula is C14H24N2O. The van der Waals surface area contributed by atoms with E-state index >= 15 is 0 Å². The average molecular weight is 236 g/mol. The van der Waals surface area contributed by atoms with Crippen molar-refractivity contribution < 1.29 is 0 Å². The lowest BCUT2D eigenvalue weighted by atomic mass is 10.1. The fourth-order valence-corrected chi connectivity index (χ4v) is 1.99. The molecule has 0 atom stereocenters. The van der Waals surface area contributed by atoms with Crippen molar-refractivity contribution in [2.75, 3.05) is 6.54 Å². The zero-order valence-electron chi connectivity index (χ0n) is 11.4. The fraction of sp³-hybridized carbons (Fsp3) is 0.643. The van der Waals surface area contributed by atoms with Gasteiger partial charge in [0.2, 0.25) is 0 Å². The molecule has 96 valence electrons. The van der Waals surface area contributed by atoms with Gasteiger partial charge in [-0.25, -0.2) is 0 Å². The molecule has 1 aromatic rings. The Morgan fingerprint density at radius 2 is 2.00 bits per heavy atom. The Morgan fingerprint density at radius 1 is 1.29 bits per heavy atom. The van der Waals surface area contributed by atoms with E-state index in [0.29, 0.717) is 12.5 Å². The van der Waals surface area contributed by atoms with Gasteiger partial charge in [-0.15, -0.1) is 0 Å². The van der Waals surface area contributed by atoms with Crippen LogP contribution >= 0.6 is 0 Å². The van der Waals surface area contributed by atoms with Crippen molar-refractivity contribution in [1.82, 2.24) is 9.88 Å². The van der Waals surface area contributed by atoms with Crippen molar-refractivity contribution in [3.63, 3.8) is 0 Å². The second-order valence-electron chi connectivity index (χ2n) is 4.68. The molecule has 0 saturated heterocycles. The van der Waals surface area contributed by atoms with Crippen molar-refractivity contribution in [1.29, 1.82) is 0 Å². The molecule has 0 aliphatic carbocycles. The first-order valence-electron chi connectivity index (χ1n) is 6.55. The summed E-state index contributed by atoms with van der Waals surface area (Å²) in [6.07, 6.45) is 0.990. The lowest BCUT2D eigenvalue weighted by molar-refractivity contribution is 0.584. The van der Waals surface area contributed by atoms with Crippen LogP contribution in [0.2, 0.25) is 0 Å². The van der Waals surface area contributed by atoms with Crippen molar-refractivity contribution in [3.05, 3.63) is 33.7 Å². The molecule has 1 rings (SSSR count). The van der Waals surface area contributed by atoms with E-state index in [1.165, 1.54) is 0 Å². The van der Waals surface area contributed by atoms with Gasteiger partial charge in [0.1, 0.15) is 0 Å². The molecule has 0 fully saturated rings. The highest BCUT2D eigenvalue weighted by Gasteiger charge is 2.10. The molecule has 0 bridgehead atoms. The molecule has 0 spiro atoms. The second kappa shape index (κ2) is 6.60. The van der Waals surface area contributed by atoms with Crippen LogP contribution in [0.5, 0.6) is 0 Å². The topological polar surface area (TPSA) is 34.0 Å². The number of nitrogens with zero attached hydrogens (tertiary/aromatic N) is 1. The quantitative estimate of drug-likeness (QED) is 0.823. The molecule has 1 N–H and O–H groups in total. The first-order valence-corrected chi connectivity index (χ1v) is 6.55. The van der Waals surface area contributed by atoms with E-state index in [2.05, 4.69) is 32.2 Å². The van der Waals surface area contributed by atoms with Crippen LogP contribution < -0.4 is 10.9 Å². The van der Waals surface area contributed by atoms with Crippen LogP contribution in [0.15, 0.2) is 16.9 Å². The van der Waals surface area contributed by atoms with Gasteiger partial charge in [0.25, 0.3) is 5.56 Å². The largest absolute Gasteiger partial charge is 0.313 e. The summed E-state index contributed by atoms with van der Waals surface area (Å²) >= 11 is 0. The third kappa shape index (κ3) is 3.43. The van der Waals surface area contributed by atoms with Crippen LogP contribution in [0.25, 0.3) is 0 Å². The molecule has 0 aromatic carbocycles. The Labute approximate surface area is 104 Å². The number of pyridine rings is 1. The Hall–Kier alpha value is -1.09. The lowest BCUT2D eigenvalue weighted by Crippen LogP contribution is -2.29. The maximum atomic E-state index is 12.3. The van der Waals surface area contributed by atoms with Gasteiger partial charge in [-0.3, -0.25) is 4.79 Å². The van der Waals surface area contributed by atoms with Gasteiger partial charge in [0.15, 0.2) is 0 Å². The maximum Gasteiger partial charge on any atom is 0.255 e. The molecule has 17 heavy (non-hydrogen) atoms. The Kier molecular flexibility index (Phi) is 5.42. The predicted octanol–water partition coefficient (Wildman–Crippen LogP) is 2.49. The molecule has 0 saturated carbocycles. The van der Waals surface area contributed by atoms with Gasteiger partial charge in [0, 0.05) is 24.3 Å². The van der Waals surface area contributed by atoms with Gasteiger partial charge in [-0.05, 0) is 24.9 Å². The number of aromatic nitrogens is 1. The molecule has 3 heteroatoms. The molecule has 0 amide bonds. The van der Waals surface area contributed by atoms with Crippen LogP contribution in [-0.2, 0) is 13.1 Å². The molecule has 0 aliphatic heterocycles. The first-order chi connectivity index (χ1) is 8.11. The highest BCUT2D eigenvalue weighted by Crippen LogP contribution is 2.13. The van der Waals surface area contributed by atoms with Crippen LogP contribution in [0.1, 0.15) is 51.3 Å². The lowest BCUT2D eigenvalue weighted by Gasteiger charge is -2.16. The zero-order valence-corrected chi connectivity index (χ0v) is 11.4. The minimum Gasteiger partial charge on any atom is -0.313 e. The van der Waals surface area contributed by atoms with Crippen LogP contribution in [-0.4, -0.2) is 11.1 Å². The van der Waals surface area contributed by atoms with E-state index in [0.717, 1.165) is 30.8 Å². The summed E-state index contributed by atoms with van der Waals surface area (Å²) in [5.41, 5.74) is 2.17. The van der Waals surface area contributed by atoms with Gasteiger partial charge >= 0.3 is 0 Å². The fourth-order valence-electron chi connectivity index (χ4n) is 1.99. The highest BCUT2D eigenvalue weighted by atomic mass is 16.1. The summed E-state index contributed by atoms with van der Waals surface area (Å²) in [6, 6.07) is 4.06. The molecule has 0 unspecified atom stereocenters. The second-order valence-corrected chi connectivity index (χ2v) is 4.68. The van der Waals surface area contributed by atoms with E-state index in [1.54, 1.807) is 0 Å². The normalized spacial score (nSPS) is 11.1. The van der Waals surface area contributed by atoms with E-state index < -0.39 is 0 Å². The van der Waals surface area contributed by atoms with Crippen molar-refractivity contribution in [2.24, 2.45) is 0 Å². The zero-order chi connectivity index (χ0) is 12.8. The third-order valence-corrected chi connectivity index (χ3v) is 2.89. The standard InChI is InChI=1S/C14H24N2O/c1-5-9-16-13(11(3)4)8-7-12(14(16)17)10-15-6-2/h7-8,11,15H,5-6,9-10H2,1-4H3. The number of hydrogen-bond donors (Lipinski definition) is 1.